The number of rotatable bonds is 8. The van der Waals surface area contributed by atoms with Crippen molar-refractivity contribution in [3.05, 3.63) is 52.7 Å². The van der Waals surface area contributed by atoms with Gasteiger partial charge in [0.1, 0.15) is 6.10 Å². The number of H-pyrrole nitrogens is 1. The van der Waals surface area contributed by atoms with E-state index in [1.807, 2.05) is 38.2 Å². The molecule has 3 aromatic rings. The summed E-state index contributed by atoms with van der Waals surface area (Å²) in [6, 6.07) is 10.2. The van der Waals surface area contributed by atoms with Crippen LogP contribution in [0.3, 0.4) is 0 Å². The zero-order valence-corrected chi connectivity index (χ0v) is 19.4. The van der Waals surface area contributed by atoms with E-state index in [0.717, 1.165) is 42.5 Å². The van der Waals surface area contributed by atoms with Crippen LogP contribution in [0.5, 0.6) is 0 Å². The number of aliphatic imine (C=N–C) groups is 1. The minimum absolute atomic E-state index is 0. The molecule has 1 aromatic carbocycles. The van der Waals surface area contributed by atoms with Gasteiger partial charge in [0.15, 0.2) is 5.96 Å². The Morgan fingerprint density at radius 1 is 1.32 bits per heavy atom. The Bertz CT molecular complexity index is 858. The summed E-state index contributed by atoms with van der Waals surface area (Å²) in [6.45, 7) is 6.01. The molecule has 28 heavy (non-hydrogen) atoms. The van der Waals surface area contributed by atoms with Gasteiger partial charge in [-0.25, -0.2) is 0 Å². The summed E-state index contributed by atoms with van der Waals surface area (Å²) in [6.07, 6.45) is 3.25. The fourth-order valence-corrected chi connectivity index (χ4v) is 3.93. The van der Waals surface area contributed by atoms with E-state index in [0.29, 0.717) is 6.54 Å². The minimum Gasteiger partial charge on any atom is -0.386 e. The number of hydrogen-bond acceptors (Lipinski definition) is 4. The van der Waals surface area contributed by atoms with Crippen LogP contribution >= 0.6 is 35.3 Å². The van der Waals surface area contributed by atoms with Crippen LogP contribution in [0.4, 0.5) is 0 Å². The van der Waals surface area contributed by atoms with Crippen LogP contribution in [0.2, 0.25) is 0 Å². The fraction of sp³-hybridized carbons (Fsp3) is 0.400. The molecule has 3 rings (SSSR count). The maximum Gasteiger partial charge on any atom is 0.191 e. The lowest BCUT2D eigenvalue weighted by molar-refractivity contribution is 0.191. The first kappa shape index (κ1) is 22.6. The van der Waals surface area contributed by atoms with Crippen molar-refractivity contribution in [1.82, 2.24) is 20.8 Å². The Morgan fingerprint density at radius 3 is 2.86 bits per heavy atom. The third-order valence-corrected chi connectivity index (χ3v) is 5.61. The highest BCUT2D eigenvalue weighted by Crippen LogP contribution is 2.29. The van der Waals surface area contributed by atoms with Gasteiger partial charge in [-0.1, -0.05) is 18.2 Å². The van der Waals surface area contributed by atoms with Crippen molar-refractivity contribution in [2.75, 3.05) is 19.6 Å². The Hall–Kier alpha value is -1.65. The largest absolute Gasteiger partial charge is 0.386 e. The van der Waals surface area contributed by atoms with Crippen molar-refractivity contribution in [1.29, 1.82) is 0 Å². The van der Waals surface area contributed by atoms with E-state index in [9.17, 15) is 5.11 Å². The van der Waals surface area contributed by atoms with Gasteiger partial charge in [-0.2, -0.15) is 5.10 Å². The molecule has 1 atom stereocenters. The summed E-state index contributed by atoms with van der Waals surface area (Å²) < 4.78 is 1.19. The van der Waals surface area contributed by atoms with E-state index in [1.165, 1.54) is 15.6 Å². The number of aryl methyl sites for hydroxylation is 2. The van der Waals surface area contributed by atoms with Crippen LogP contribution in [0, 0.1) is 6.92 Å². The van der Waals surface area contributed by atoms with Gasteiger partial charge in [-0.3, -0.25) is 10.1 Å². The predicted molar refractivity (Wildman–Crippen MR) is 128 cm³/mol. The average molecular weight is 513 g/mol. The first-order chi connectivity index (χ1) is 13.2. The van der Waals surface area contributed by atoms with Crippen LogP contribution in [0.1, 0.15) is 35.6 Å². The highest BCUT2D eigenvalue weighted by atomic mass is 127. The minimum atomic E-state index is -0.591. The van der Waals surface area contributed by atoms with Crippen LogP contribution < -0.4 is 10.6 Å². The lowest BCUT2D eigenvalue weighted by Gasteiger charge is -2.12. The van der Waals surface area contributed by atoms with E-state index >= 15 is 0 Å². The van der Waals surface area contributed by atoms with E-state index in [4.69, 9.17) is 0 Å². The van der Waals surface area contributed by atoms with Crippen molar-refractivity contribution in [2.24, 2.45) is 4.99 Å². The maximum absolute atomic E-state index is 10.5. The first-order valence-corrected chi connectivity index (χ1v) is 10.2. The lowest BCUT2D eigenvalue weighted by Crippen LogP contribution is -2.38. The van der Waals surface area contributed by atoms with Gasteiger partial charge < -0.3 is 15.7 Å². The highest BCUT2D eigenvalue weighted by Gasteiger charge is 2.11. The monoisotopic (exact) mass is 513 g/mol. The molecular weight excluding hydrogens is 485 g/mol. The van der Waals surface area contributed by atoms with Crippen molar-refractivity contribution in [3.8, 4) is 0 Å². The summed E-state index contributed by atoms with van der Waals surface area (Å²) in [7, 11) is 0. The zero-order valence-electron chi connectivity index (χ0n) is 16.2. The normalized spacial score (nSPS) is 12.6. The molecule has 0 saturated carbocycles. The van der Waals surface area contributed by atoms with Crippen LogP contribution in [-0.2, 0) is 6.42 Å². The fourth-order valence-electron chi connectivity index (χ4n) is 2.89. The van der Waals surface area contributed by atoms with E-state index in [-0.39, 0.29) is 24.0 Å². The van der Waals surface area contributed by atoms with Crippen LogP contribution in [-0.4, -0.2) is 40.9 Å². The Kier molecular flexibility index (Phi) is 9.20. The van der Waals surface area contributed by atoms with Crippen molar-refractivity contribution >= 4 is 51.4 Å². The molecule has 1 unspecified atom stereocenters. The number of aromatic nitrogens is 2. The third-order valence-electron chi connectivity index (χ3n) is 4.39. The molecule has 2 heterocycles. The molecule has 0 amide bonds. The zero-order chi connectivity index (χ0) is 19.1. The van der Waals surface area contributed by atoms with E-state index < -0.39 is 6.10 Å². The number of aliphatic hydroxyl groups excluding tert-OH is 1. The molecule has 8 heteroatoms. The molecule has 2 aromatic heterocycles. The molecule has 6 nitrogen and oxygen atoms in total. The second-order valence-corrected chi connectivity index (χ2v) is 7.59. The molecule has 0 aliphatic carbocycles. The van der Waals surface area contributed by atoms with Crippen molar-refractivity contribution < 1.29 is 5.11 Å². The second kappa shape index (κ2) is 11.4. The molecule has 0 radical (unpaired) electrons. The summed E-state index contributed by atoms with van der Waals surface area (Å²) in [5, 5.41) is 25.3. The Balaban J connectivity index is 0.00000280. The SMILES string of the molecule is CCNC(=NCC(O)c1cc2ccccc2s1)NCCCc1cn[nH]c1C.I. The molecule has 0 fully saturated rings. The average Bonchev–Trinajstić information content (AvgIpc) is 3.29. The van der Waals surface area contributed by atoms with Crippen LogP contribution in [0.25, 0.3) is 10.1 Å². The number of thiophene rings is 1. The second-order valence-electron chi connectivity index (χ2n) is 6.47. The number of aliphatic hydroxyl groups is 1. The number of guanidine groups is 1. The summed E-state index contributed by atoms with van der Waals surface area (Å²) in [4.78, 5) is 5.49. The number of aromatic amines is 1. The third kappa shape index (κ3) is 6.18. The van der Waals surface area contributed by atoms with Crippen LogP contribution in [0.15, 0.2) is 41.5 Å². The number of hydrogen-bond donors (Lipinski definition) is 4. The van der Waals surface area contributed by atoms with E-state index in [1.54, 1.807) is 11.3 Å². The lowest BCUT2D eigenvalue weighted by atomic mass is 10.1. The van der Waals surface area contributed by atoms with Gasteiger partial charge in [0, 0.05) is 28.4 Å². The highest BCUT2D eigenvalue weighted by molar-refractivity contribution is 14.0. The molecule has 0 spiro atoms. The van der Waals surface area contributed by atoms with Gasteiger partial charge in [0.05, 0.1) is 12.7 Å². The molecule has 0 saturated heterocycles. The topological polar surface area (TPSA) is 85.3 Å². The summed E-state index contributed by atoms with van der Waals surface area (Å²) >= 11 is 1.62. The Morgan fingerprint density at radius 2 is 2.14 bits per heavy atom. The molecule has 152 valence electrons. The van der Waals surface area contributed by atoms with Gasteiger partial charge in [-0.05, 0) is 49.8 Å². The standard InChI is InChI=1S/C20H27N5OS.HI/c1-3-21-20(22-10-6-8-16-12-24-25-14(16)2)23-13-17(26)19-11-15-7-4-5-9-18(15)27-19;/h4-5,7,9,11-12,17,26H,3,6,8,10,13H2,1-2H3,(H,24,25)(H2,21,22,23);1H. The molecular formula is C20H28IN5OS. The summed E-state index contributed by atoms with van der Waals surface area (Å²) in [5.41, 5.74) is 2.38. The summed E-state index contributed by atoms with van der Waals surface area (Å²) in [5.74, 6) is 0.738. The number of benzene rings is 1. The predicted octanol–water partition coefficient (Wildman–Crippen LogP) is 3.77. The number of nitrogens with zero attached hydrogens (tertiary/aromatic N) is 2. The van der Waals surface area contributed by atoms with Gasteiger partial charge >= 0.3 is 0 Å². The molecule has 0 aliphatic heterocycles. The quantitative estimate of drug-likeness (QED) is 0.160. The first-order valence-electron chi connectivity index (χ1n) is 9.35. The number of fused-ring (bicyclic) bond motifs is 1. The van der Waals surface area contributed by atoms with E-state index in [2.05, 4.69) is 38.0 Å². The Labute approximate surface area is 186 Å². The smallest absolute Gasteiger partial charge is 0.191 e. The van der Waals surface area contributed by atoms with Gasteiger partial charge in [-0.15, -0.1) is 35.3 Å². The number of halogens is 1. The molecule has 0 bridgehead atoms. The van der Waals surface area contributed by atoms with Gasteiger partial charge in [0.2, 0.25) is 0 Å². The van der Waals surface area contributed by atoms with Gasteiger partial charge in [0.25, 0.3) is 0 Å². The number of nitrogens with one attached hydrogen (secondary N) is 3. The molecule has 0 aliphatic rings. The van der Waals surface area contributed by atoms with Crippen molar-refractivity contribution in [2.45, 2.75) is 32.8 Å². The maximum atomic E-state index is 10.5. The van der Waals surface area contributed by atoms with Crippen molar-refractivity contribution in [3.63, 3.8) is 0 Å². The molecule has 4 N–H and O–H groups in total.